The lowest BCUT2D eigenvalue weighted by Gasteiger charge is -2.40. The van der Waals surface area contributed by atoms with Crippen LogP contribution in [0.15, 0.2) is 53.2 Å². The highest BCUT2D eigenvalue weighted by molar-refractivity contribution is 6.31. The smallest absolute Gasteiger partial charge is 0.308 e. The van der Waals surface area contributed by atoms with Crippen LogP contribution in [-0.2, 0) is 30.8 Å². The molecule has 5 heterocycles. The first-order chi connectivity index (χ1) is 21.2. The summed E-state index contributed by atoms with van der Waals surface area (Å²) in [5.41, 5.74) is 8.24. The molecule has 0 radical (unpaired) electrons. The molecule has 44 heavy (non-hydrogen) atoms. The van der Waals surface area contributed by atoms with E-state index in [-0.39, 0.29) is 23.6 Å². The quantitative estimate of drug-likeness (QED) is 0.210. The van der Waals surface area contributed by atoms with E-state index in [0.29, 0.717) is 23.4 Å². The Morgan fingerprint density at radius 2 is 1.84 bits per heavy atom. The zero-order valence-electron chi connectivity index (χ0n) is 24.8. The second-order valence-corrected chi connectivity index (χ2v) is 12.9. The maximum absolute atomic E-state index is 12.0. The highest BCUT2D eigenvalue weighted by atomic mass is 35.5. The fourth-order valence-electron chi connectivity index (χ4n) is 6.66. The van der Waals surface area contributed by atoms with E-state index in [2.05, 4.69) is 50.7 Å². The number of benzene rings is 2. The van der Waals surface area contributed by atoms with Gasteiger partial charge in [0.05, 0.1) is 24.4 Å². The molecule has 0 atom stereocenters. The maximum Gasteiger partial charge on any atom is 0.308 e. The molecule has 0 amide bonds. The third-order valence-electron chi connectivity index (χ3n) is 9.15. The number of nitrogens with zero attached hydrogens (tertiary/aromatic N) is 5. The van der Waals surface area contributed by atoms with Gasteiger partial charge in [-0.25, -0.2) is 15.0 Å². The van der Waals surface area contributed by atoms with Gasteiger partial charge in [0.25, 0.3) is 0 Å². The third-order valence-corrected chi connectivity index (χ3v) is 9.46. The lowest BCUT2D eigenvalue weighted by Crippen LogP contribution is -2.38. The van der Waals surface area contributed by atoms with Crippen LogP contribution >= 0.6 is 11.6 Å². The molecule has 0 unspecified atom stereocenters. The molecule has 2 aromatic carbocycles. The number of aromatic nitrogens is 3. The fourth-order valence-corrected chi connectivity index (χ4v) is 6.92. The second-order valence-electron chi connectivity index (χ2n) is 12.6. The van der Waals surface area contributed by atoms with Gasteiger partial charge >= 0.3 is 5.97 Å². The number of fused-ring (bicyclic) bond motifs is 4. The van der Waals surface area contributed by atoms with E-state index in [9.17, 15) is 15.0 Å². The van der Waals surface area contributed by atoms with Crippen molar-refractivity contribution in [1.29, 1.82) is 0 Å². The number of para-hydroxylation sites is 1. The first-order valence-corrected chi connectivity index (χ1v) is 15.4. The van der Waals surface area contributed by atoms with Gasteiger partial charge in [0.15, 0.2) is 11.4 Å². The van der Waals surface area contributed by atoms with Crippen LogP contribution in [0.4, 0.5) is 11.5 Å². The molecule has 0 aliphatic carbocycles. The average Bonchev–Trinajstić information content (AvgIpc) is 3.40. The van der Waals surface area contributed by atoms with Crippen molar-refractivity contribution < 1.29 is 19.4 Å². The number of carboxylic acids is 1. The Labute approximate surface area is 260 Å². The molecule has 226 valence electrons. The van der Waals surface area contributed by atoms with E-state index in [4.69, 9.17) is 16.0 Å². The largest absolute Gasteiger partial charge is 0.481 e. The van der Waals surface area contributed by atoms with Crippen LogP contribution in [0.1, 0.15) is 49.1 Å². The number of piperidine rings is 1. The molecule has 0 bridgehead atoms. The predicted octanol–water partition coefficient (Wildman–Crippen LogP) is 6.40. The van der Waals surface area contributed by atoms with Gasteiger partial charge in [-0.15, -0.1) is 0 Å². The SMILES string of the molecule is CC1(C)CCN(c2c(CC(=O)O)c(Cl)nc(CO)c2-c2ccc3c(c2)CCN(c2ncnc4c2oc2ccccc24)C3)CC1. The molecular weight excluding hydrogens is 578 g/mol. The molecule has 2 aliphatic heterocycles. The van der Waals surface area contributed by atoms with Crippen molar-refractivity contribution in [2.75, 3.05) is 29.4 Å². The van der Waals surface area contributed by atoms with Crippen molar-refractivity contribution in [2.24, 2.45) is 5.41 Å². The minimum absolute atomic E-state index is 0.135. The molecule has 0 saturated carbocycles. The van der Waals surface area contributed by atoms with Gasteiger partial charge in [0, 0.05) is 42.7 Å². The van der Waals surface area contributed by atoms with Crippen molar-refractivity contribution in [3.8, 4) is 11.1 Å². The first kappa shape index (κ1) is 28.6. The summed E-state index contributed by atoms with van der Waals surface area (Å²) in [7, 11) is 0. The Hall–Kier alpha value is -4.21. The van der Waals surface area contributed by atoms with Crippen molar-refractivity contribution in [1.82, 2.24) is 15.0 Å². The molecule has 2 N–H and O–H groups in total. The minimum Gasteiger partial charge on any atom is -0.481 e. The molecule has 0 spiro atoms. The highest BCUT2D eigenvalue weighted by Gasteiger charge is 2.32. The van der Waals surface area contributed by atoms with Gasteiger partial charge in [-0.2, -0.15) is 0 Å². The van der Waals surface area contributed by atoms with Crippen LogP contribution in [0, 0.1) is 5.41 Å². The summed E-state index contributed by atoms with van der Waals surface area (Å²) in [6.45, 7) is 7.15. The van der Waals surface area contributed by atoms with Gasteiger partial charge in [-0.05, 0) is 53.5 Å². The van der Waals surface area contributed by atoms with Gasteiger partial charge in [-0.1, -0.05) is 55.8 Å². The van der Waals surface area contributed by atoms with E-state index >= 15 is 0 Å². The zero-order valence-corrected chi connectivity index (χ0v) is 25.6. The normalized spacial score (nSPS) is 16.5. The molecule has 10 heteroatoms. The number of hydrogen-bond donors (Lipinski definition) is 2. The Morgan fingerprint density at radius 1 is 1.05 bits per heavy atom. The Balaban J connectivity index is 1.28. The highest BCUT2D eigenvalue weighted by Crippen LogP contribution is 2.44. The lowest BCUT2D eigenvalue weighted by molar-refractivity contribution is -0.136. The fraction of sp³-hybridized carbons (Fsp3) is 0.353. The van der Waals surface area contributed by atoms with E-state index in [1.807, 2.05) is 30.3 Å². The van der Waals surface area contributed by atoms with E-state index in [1.54, 1.807) is 6.33 Å². The molecule has 3 aromatic heterocycles. The van der Waals surface area contributed by atoms with Crippen molar-refractivity contribution >= 4 is 51.1 Å². The van der Waals surface area contributed by atoms with Crippen molar-refractivity contribution in [3.63, 3.8) is 0 Å². The molecule has 5 aromatic rings. The van der Waals surface area contributed by atoms with Gasteiger partial charge in [0.2, 0.25) is 0 Å². The van der Waals surface area contributed by atoms with Crippen LogP contribution in [0.2, 0.25) is 5.15 Å². The number of rotatable bonds is 6. The van der Waals surface area contributed by atoms with E-state index < -0.39 is 5.97 Å². The number of aliphatic hydroxyl groups excluding tert-OH is 1. The molecule has 7 rings (SSSR count). The monoisotopic (exact) mass is 611 g/mol. The first-order valence-electron chi connectivity index (χ1n) is 15.0. The summed E-state index contributed by atoms with van der Waals surface area (Å²) in [5.74, 6) is -0.192. The number of anilines is 2. The van der Waals surface area contributed by atoms with Crippen LogP contribution in [0.3, 0.4) is 0 Å². The van der Waals surface area contributed by atoms with Gasteiger partial charge < -0.3 is 24.4 Å². The zero-order chi connectivity index (χ0) is 30.6. The van der Waals surface area contributed by atoms with Crippen LogP contribution in [0.25, 0.3) is 33.2 Å². The number of carboxylic acid groups (broad SMARTS) is 1. The summed E-state index contributed by atoms with van der Waals surface area (Å²) in [6.07, 6.45) is 4.07. The molecule has 1 fully saturated rings. The van der Waals surface area contributed by atoms with E-state index in [0.717, 1.165) is 78.0 Å². The summed E-state index contributed by atoms with van der Waals surface area (Å²) in [6, 6.07) is 14.2. The molecule has 9 nitrogen and oxygen atoms in total. The third kappa shape index (κ3) is 5.04. The maximum atomic E-state index is 12.0. The van der Waals surface area contributed by atoms with Crippen LogP contribution < -0.4 is 9.80 Å². The van der Waals surface area contributed by atoms with Crippen LogP contribution in [0.5, 0.6) is 0 Å². The lowest BCUT2D eigenvalue weighted by atomic mass is 9.82. The van der Waals surface area contributed by atoms with E-state index in [1.165, 1.54) is 11.1 Å². The summed E-state index contributed by atoms with van der Waals surface area (Å²) >= 11 is 6.61. The molecule has 1 saturated heterocycles. The van der Waals surface area contributed by atoms with Crippen LogP contribution in [-0.4, -0.2) is 50.8 Å². The van der Waals surface area contributed by atoms with Crippen molar-refractivity contribution in [3.05, 3.63) is 76.3 Å². The number of halogens is 1. The topological polar surface area (TPSA) is 116 Å². The minimum atomic E-state index is -0.969. The summed E-state index contributed by atoms with van der Waals surface area (Å²) < 4.78 is 6.20. The summed E-state index contributed by atoms with van der Waals surface area (Å²) in [4.78, 5) is 30.1. The van der Waals surface area contributed by atoms with Gasteiger partial charge in [-0.3, -0.25) is 4.79 Å². The van der Waals surface area contributed by atoms with Crippen molar-refractivity contribution in [2.45, 2.75) is 52.7 Å². The predicted molar refractivity (Wildman–Crippen MR) is 171 cm³/mol. The van der Waals surface area contributed by atoms with Gasteiger partial charge in [0.1, 0.15) is 22.6 Å². The summed E-state index contributed by atoms with van der Waals surface area (Å²) in [5, 5.41) is 21.3. The number of hydrogen-bond acceptors (Lipinski definition) is 8. The number of carbonyl (C=O) groups is 1. The second kappa shape index (κ2) is 11.1. The number of aliphatic hydroxyl groups is 1. The average molecular weight is 612 g/mol. The standard InChI is InChI=1S/C34H34ClN5O4/c1-34(2)10-13-39(14-11-34)30-24(16-27(42)43)32(35)38-25(18-41)28(30)21-7-8-22-17-40(12-9-20(22)15-21)33-31-29(36-19-37-33)23-5-3-4-6-26(23)44-31/h3-8,15,19,41H,9-14,16-18H2,1-2H3,(H,42,43). The number of furan rings is 1. The Bertz CT molecular complexity index is 1910. The number of pyridine rings is 1. The molecule has 2 aliphatic rings. The number of aliphatic carboxylic acids is 1. The molecular formula is C34H34ClN5O4. The Morgan fingerprint density at radius 3 is 2.61 bits per heavy atom. The Kier molecular flexibility index (Phi) is 7.17.